The lowest BCUT2D eigenvalue weighted by Crippen LogP contribution is -2.41. The Kier molecular flexibility index (Phi) is 6.97. The van der Waals surface area contributed by atoms with Crippen molar-refractivity contribution >= 4 is 33.4 Å². The molecule has 8 heteroatoms. The number of pyridine rings is 1. The van der Waals surface area contributed by atoms with E-state index < -0.39 is 0 Å². The number of rotatable bonds is 6. The summed E-state index contributed by atoms with van der Waals surface area (Å²) >= 11 is 3.47. The van der Waals surface area contributed by atoms with E-state index in [9.17, 15) is 4.79 Å². The zero-order valence-corrected chi connectivity index (χ0v) is 17.7. The second-order valence-electron chi connectivity index (χ2n) is 6.95. The summed E-state index contributed by atoms with van der Waals surface area (Å²) in [5.41, 5.74) is 3.07. The highest BCUT2D eigenvalue weighted by Crippen LogP contribution is 2.26. The molecule has 2 N–H and O–H groups in total. The molecular formula is C20H25BrN6O. The maximum Gasteiger partial charge on any atom is 0.219 e. The Morgan fingerprint density at radius 3 is 3.00 bits per heavy atom. The molecule has 0 aromatic carbocycles. The molecule has 7 nitrogen and oxygen atoms in total. The van der Waals surface area contributed by atoms with Crippen molar-refractivity contribution in [3.8, 4) is 0 Å². The number of nitrogens with zero attached hydrogens (tertiary/aromatic N) is 4. The fraction of sp³-hybridized carbons (Fsp3) is 0.400. The van der Waals surface area contributed by atoms with Crippen LogP contribution in [0.25, 0.3) is 0 Å². The molecule has 0 bridgehead atoms. The van der Waals surface area contributed by atoms with Crippen LogP contribution in [0, 0.1) is 5.92 Å². The number of carbonyl (C=O) groups is 1. The van der Waals surface area contributed by atoms with Gasteiger partial charge in [-0.15, -0.1) is 0 Å². The Morgan fingerprint density at radius 1 is 1.46 bits per heavy atom. The van der Waals surface area contributed by atoms with Crippen molar-refractivity contribution in [2.75, 3.05) is 13.1 Å². The molecular weight excluding hydrogens is 420 g/mol. The number of amides is 1. The van der Waals surface area contributed by atoms with Crippen molar-refractivity contribution in [2.45, 2.75) is 33.2 Å². The zero-order valence-electron chi connectivity index (χ0n) is 16.2. The molecule has 1 atom stereocenters. The molecule has 1 amide bonds. The summed E-state index contributed by atoms with van der Waals surface area (Å²) in [5.74, 6) is 0.983. The topological polar surface area (TPSA) is 86.3 Å². The summed E-state index contributed by atoms with van der Waals surface area (Å²) in [4.78, 5) is 22.7. The lowest BCUT2D eigenvalue weighted by molar-refractivity contribution is -0.130. The first-order valence-corrected chi connectivity index (χ1v) is 10.2. The van der Waals surface area contributed by atoms with Crippen LogP contribution in [-0.4, -0.2) is 44.8 Å². The van der Waals surface area contributed by atoms with Gasteiger partial charge < -0.3 is 10.2 Å². The van der Waals surface area contributed by atoms with Crippen molar-refractivity contribution in [3.63, 3.8) is 0 Å². The van der Waals surface area contributed by atoms with Gasteiger partial charge >= 0.3 is 0 Å². The van der Waals surface area contributed by atoms with Crippen molar-refractivity contribution < 1.29 is 4.79 Å². The maximum absolute atomic E-state index is 11.8. The average Bonchev–Trinajstić information content (AvgIpc) is 3.11. The molecule has 0 radical (unpaired) electrons. The van der Waals surface area contributed by atoms with Gasteiger partial charge in [0, 0.05) is 56.3 Å². The summed E-state index contributed by atoms with van der Waals surface area (Å²) < 4.78 is 0.818. The van der Waals surface area contributed by atoms with E-state index in [1.54, 1.807) is 19.3 Å². The minimum absolute atomic E-state index is 0.113. The largest absolute Gasteiger partial charge is 0.384 e. The number of aliphatic imine (C=N–C) groups is 1. The normalized spacial score (nSPS) is 18.2. The van der Waals surface area contributed by atoms with Crippen LogP contribution in [0.2, 0.25) is 0 Å². The molecule has 2 aromatic heterocycles. The third kappa shape index (κ3) is 5.51. The number of hydrogen-bond donors (Lipinski definition) is 2. The van der Waals surface area contributed by atoms with E-state index in [0.29, 0.717) is 18.9 Å². The van der Waals surface area contributed by atoms with Gasteiger partial charge in [-0.25, -0.2) is 4.99 Å². The molecule has 1 aliphatic rings. The molecule has 3 heterocycles. The van der Waals surface area contributed by atoms with E-state index >= 15 is 0 Å². The zero-order chi connectivity index (χ0) is 19.9. The molecule has 1 aliphatic heterocycles. The van der Waals surface area contributed by atoms with Crippen LogP contribution in [0.5, 0.6) is 0 Å². The molecule has 0 spiro atoms. The number of allylic oxidation sites excluding steroid dienone is 2. The number of piperidine rings is 1. The van der Waals surface area contributed by atoms with Crippen LogP contribution >= 0.6 is 15.9 Å². The Bertz CT molecular complexity index is 861. The van der Waals surface area contributed by atoms with Crippen LogP contribution in [0.4, 0.5) is 5.82 Å². The third-order valence-corrected chi connectivity index (χ3v) is 5.34. The number of nitrogens with one attached hydrogen (secondary N) is 2. The van der Waals surface area contributed by atoms with E-state index in [0.717, 1.165) is 40.8 Å². The SMILES string of the molecule is CC(=O)N1CCCC(C(/C=C(\C)NCc2cccnc2)=N/c2[nH]ncc2Br)C1. The molecule has 2 aromatic rings. The monoisotopic (exact) mass is 444 g/mol. The Labute approximate surface area is 173 Å². The lowest BCUT2D eigenvalue weighted by atomic mass is 9.92. The van der Waals surface area contributed by atoms with Crippen molar-refractivity contribution in [1.29, 1.82) is 0 Å². The van der Waals surface area contributed by atoms with Gasteiger partial charge in [0.15, 0.2) is 5.82 Å². The maximum atomic E-state index is 11.8. The molecule has 0 saturated carbocycles. The smallest absolute Gasteiger partial charge is 0.219 e. The van der Waals surface area contributed by atoms with E-state index in [2.05, 4.69) is 42.5 Å². The Balaban J connectivity index is 1.80. The first-order chi connectivity index (χ1) is 13.5. The summed E-state index contributed by atoms with van der Waals surface area (Å²) in [6.45, 7) is 5.85. The number of aromatic amines is 1. The molecule has 1 saturated heterocycles. The average molecular weight is 445 g/mol. The minimum atomic E-state index is 0.113. The second kappa shape index (κ2) is 9.64. The molecule has 148 valence electrons. The van der Waals surface area contributed by atoms with Crippen molar-refractivity contribution in [1.82, 2.24) is 25.4 Å². The van der Waals surface area contributed by atoms with E-state index in [4.69, 9.17) is 4.99 Å². The van der Waals surface area contributed by atoms with E-state index in [1.807, 2.05) is 30.2 Å². The summed E-state index contributed by atoms with van der Waals surface area (Å²) in [6, 6.07) is 3.97. The van der Waals surface area contributed by atoms with E-state index in [-0.39, 0.29) is 11.8 Å². The van der Waals surface area contributed by atoms with Gasteiger partial charge in [-0.2, -0.15) is 5.10 Å². The predicted octanol–water partition coefficient (Wildman–Crippen LogP) is 3.59. The number of hydrogen-bond acceptors (Lipinski definition) is 5. The summed E-state index contributed by atoms with van der Waals surface area (Å²) in [6.07, 6.45) is 9.35. The fourth-order valence-electron chi connectivity index (χ4n) is 3.24. The quantitative estimate of drug-likeness (QED) is 0.666. The minimum Gasteiger partial charge on any atom is -0.384 e. The number of aromatic nitrogens is 3. The summed E-state index contributed by atoms with van der Waals surface area (Å²) in [7, 11) is 0. The molecule has 28 heavy (non-hydrogen) atoms. The standard InChI is InChI=1S/C20H25BrN6O/c1-14(23-11-16-5-3-7-22-10-16)9-19(25-20-18(21)12-24-26-20)17-6-4-8-27(13-17)15(2)28/h3,5,7,9-10,12,17,23H,4,6,8,11,13H2,1-2H3,(H,24,26)/b14-9+,25-19+. The molecule has 0 aliphatic carbocycles. The van der Waals surface area contributed by atoms with Crippen LogP contribution < -0.4 is 5.32 Å². The highest BCUT2D eigenvalue weighted by molar-refractivity contribution is 9.10. The van der Waals surface area contributed by atoms with Crippen LogP contribution in [-0.2, 0) is 11.3 Å². The van der Waals surface area contributed by atoms with Gasteiger partial charge in [0.1, 0.15) is 0 Å². The van der Waals surface area contributed by atoms with Gasteiger partial charge in [0.25, 0.3) is 0 Å². The first-order valence-electron chi connectivity index (χ1n) is 9.37. The van der Waals surface area contributed by atoms with Gasteiger partial charge in [-0.3, -0.25) is 14.9 Å². The lowest BCUT2D eigenvalue weighted by Gasteiger charge is -2.32. The van der Waals surface area contributed by atoms with Gasteiger partial charge in [-0.05, 0) is 53.4 Å². The van der Waals surface area contributed by atoms with Gasteiger partial charge in [0.05, 0.1) is 10.7 Å². The number of carbonyl (C=O) groups excluding carboxylic acids is 1. The van der Waals surface area contributed by atoms with Crippen LogP contribution in [0.15, 0.2) is 52.0 Å². The Morgan fingerprint density at radius 2 is 2.32 bits per heavy atom. The Hall–Kier alpha value is -2.48. The molecule has 3 rings (SSSR count). The first kappa shape index (κ1) is 20.3. The van der Waals surface area contributed by atoms with E-state index in [1.165, 1.54) is 0 Å². The number of H-pyrrole nitrogens is 1. The highest BCUT2D eigenvalue weighted by Gasteiger charge is 2.25. The molecule has 1 fully saturated rings. The third-order valence-electron chi connectivity index (χ3n) is 4.76. The fourth-order valence-corrected chi connectivity index (χ4v) is 3.51. The predicted molar refractivity (Wildman–Crippen MR) is 113 cm³/mol. The highest BCUT2D eigenvalue weighted by atomic mass is 79.9. The van der Waals surface area contributed by atoms with Crippen LogP contribution in [0.1, 0.15) is 32.3 Å². The van der Waals surface area contributed by atoms with Gasteiger partial charge in [0.2, 0.25) is 5.91 Å². The van der Waals surface area contributed by atoms with Crippen molar-refractivity contribution in [3.05, 3.63) is 52.5 Å². The van der Waals surface area contributed by atoms with Crippen molar-refractivity contribution in [2.24, 2.45) is 10.9 Å². The van der Waals surface area contributed by atoms with Crippen LogP contribution in [0.3, 0.4) is 0 Å². The number of likely N-dealkylation sites (tertiary alicyclic amines) is 1. The number of halogens is 1. The second-order valence-corrected chi connectivity index (χ2v) is 7.80. The molecule has 1 unspecified atom stereocenters. The summed E-state index contributed by atoms with van der Waals surface area (Å²) in [5, 5.41) is 10.4. The van der Waals surface area contributed by atoms with Gasteiger partial charge in [-0.1, -0.05) is 6.07 Å².